The lowest BCUT2D eigenvalue weighted by Crippen LogP contribution is -2.12. The fourth-order valence-electron chi connectivity index (χ4n) is 2.76. The van der Waals surface area contributed by atoms with Crippen molar-refractivity contribution in [2.24, 2.45) is 0 Å². The minimum Gasteiger partial charge on any atom is -0.453 e. The van der Waals surface area contributed by atoms with Gasteiger partial charge in [0, 0.05) is 17.4 Å². The summed E-state index contributed by atoms with van der Waals surface area (Å²) in [6, 6.07) is 14.1. The monoisotopic (exact) mass is 335 g/mol. The Hall–Kier alpha value is -3.08. The molecule has 5 nitrogen and oxygen atoms in total. The number of hydrogen-bond donors (Lipinski definition) is 1. The van der Waals surface area contributed by atoms with Crippen molar-refractivity contribution >= 4 is 11.8 Å². The lowest BCUT2D eigenvalue weighted by atomic mass is 10.0. The van der Waals surface area contributed by atoms with Crippen molar-refractivity contribution in [3.63, 3.8) is 0 Å². The predicted molar refractivity (Wildman–Crippen MR) is 99.2 cm³/mol. The van der Waals surface area contributed by atoms with Crippen LogP contribution in [0, 0.1) is 20.8 Å². The molecule has 0 aliphatic rings. The van der Waals surface area contributed by atoms with Gasteiger partial charge in [0.15, 0.2) is 0 Å². The van der Waals surface area contributed by atoms with Gasteiger partial charge in [0.05, 0.1) is 18.5 Å². The molecule has 0 fully saturated rings. The summed E-state index contributed by atoms with van der Waals surface area (Å²) in [4.78, 5) is 11.5. The fraction of sp³-hybridized carbons (Fsp3) is 0.200. The summed E-state index contributed by atoms with van der Waals surface area (Å²) in [7, 11) is 1.35. The summed E-state index contributed by atoms with van der Waals surface area (Å²) in [5.74, 6) is 0. The van der Waals surface area contributed by atoms with E-state index in [2.05, 4.69) is 47.2 Å². The van der Waals surface area contributed by atoms with Gasteiger partial charge in [0.25, 0.3) is 0 Å². The first-order chi connectivity index (χ1) is 12.0. The zero-order valence-electron chi connectivity index (χ0n) is 14.8. The molecule has 0 radical (unpaired) electrons. The van der Waals surface area contributed by atoms with Gasteiger partial charge < -0.3 is 4.74 Å². The van der Waals surface area contributed by atoms with Crippen molar-refractivity contribution in [3.8, 4) is 16.9 Å². The molecule has 0 atom stereocenters. The number of anilines is 1. The van der Waals surface area contributed by atoms with Gasteiger partial charge in [-0.1, -0.05) is 29.8 Å². The van der Waals surface area contributed by atoms with Crippen molar-refractivity contribution in [2.45, 2.75) is 20.8 Å². The summed E-state index contributed by atoms with van der Waals surface area (Å²) in [5.41, 5.74) is 6.99. The molecule has 0 saturated heterocycles. The van der Waals surface area contributed by atoms with Gasteiger partial charge in [0.2, 0.25) is 0 Å². The second-order valence-corrected chi connectivity index (χ2v) is 6.08. The topological polar surface area (TPSA) is 56.1 Å². The van der Waals surface area contributed by atoms with Crippen LogP contribution in [0.5, 0.6) is 0 Å². The number of nitrogens with zero attached hydrogens (tertiary/aromatic N) is 2. The fourth-order valence-corrected chi connectivity index (χ4v) is 2.76. The van der Waals surface area contributed by atoms with Crippen LogP contribution in [0.15, 0.2) is 48.7 Å². The number of aryl methyl sites for hydroxylation is 3. The Morgan fingerprint density at radius 3 is 2.56 bits per heavy atom. The molecule has 25 heavy (non-hydrogen) atoms. The standard InChI is InChI=1S/C20H21N3O2/c1-13-5-8-17(15(3)11-13)18-9-10-23(22-18)16-7-6-14(2)19(12-16)21-20(24)25-4/h5-12H,1-4H3,(H,21,24). The molecule has 1 amide bonds. The maximum atomic E-state index is 11.5. The van der Waals surface area contributed by atoms with Crippen LogP contribution < -0.4 is 5.32 Å². The number of ether oxygens (including phenoxy) is 1. The molecular weight excluding hydrogens is 314 g/mol. The van der Waals surface area contributed by atoms with E-state index in [9.17, 15) is 4.79 Å². The maximum Gasteiger partial charge on any atom is 0.411 e. The highest BCUT2D eigenvalue weighted by Gasteiger charge is 2.09. The molecule has 3 rings (SSSR count). The molecule has 1 aromatic heterocycles. The summed E-state index contributed by atoms with van der Waals surface area (Å²) in [6.07, 6.45) is 1.43. The molecule has 0 spiro atoms. The molecular formula is C20H21N3O2. The number of benzene rings is 2. The van der Waals surface area contributed by atoms with Gasteiger partial charge in [-0.15, -0.1) is 0 Å². The summed E-state index contributed by atoms with van der Waals surface area (Å²) in [6.45, 7) is 6.10. The van der Waals surface area contributed by atoms with E-state index < -0.39 is 6.09 Å². The van der Waals surface area contributed by atoms with Gasteiger partial charge in [-0.25, -0.2) is 9.48 Å². The lowest BCUT2D eigenvalue weighted by Gasteiger charge is -2.10. The first-order valence-electron chi connectivity index (χ1n) is 8.07. The van der Waals surface area contributed by atoms with Crippen LogP contribution in [-0.2, 0) is 4.74 Å². The molecule has 2 aromatic carbocycles. The van der Waals surface area contributed by atoms with E-state index in [4.69, 9.17) is 0 Å². The van der Waals surface area contributed by atoms with Gasteiger partial charge in [-0.05, 0) is 50.1 Å². The summed E-state index contributed by atoms with van der Waals surface area (Å²) < 4.78 is 6.47. The van der Waals surface area contributed by atoms with E-state index in [0.29, 0.717) is 5.69 Å². The van der Waals surface area contributed by atoms with E-state index in [0.717, 1.165) is 22.5 Å². The quantitative estimate of drug-likeness (QED) is 0.758. The maximum absolute atomic E-state index is 11.5. The van der Waals surface area contributed by atoms with Crippen LogP contribution in [0.2, 0.25) is 0 Å². The van der Waals surface area contributed by atoms with Crippen molar-refractivity contribution in [3.05, 3.63) is 65.4 Å². The first-order valence-corrected chi connectivity index (χ1v) is 8.07. The SMILES string of the molecule is COC(=O)Nc1cc(-n2ccc(-c3ccc(C)cc3C)n2)ccc1C. The minimum absolute atomic E-state index is 0.489. The number of carbonyl (C=O) groups excluding carboxylic acids is 1. The second kappa shape index (κ2) is 6.81. The second-order valence-electron chi connectivity index (χ2n) is 6.08. The van der Waals surface area contributed by atoms with E-state index in [1.54, 1.807) is 4.68 Å². The Kier molecular flexibility index (Phi) is 4.57. The van der Waals surface area contributed by atoms with Crippen LogP contribution in [-0.4, -0.2) is 23.0 Å². The highest BCUT2D eigenvalue weighted by molar-refractivity contribution is 5.86. The third-order valence-electron chi connectivity index (χ3n) is 4.15. The lowest BCUT2D eigenvalue weighted by molar-refractivity contribution is 0.187. The number of carbonyl (C=O) groups is 1. The third-order valence-corrected chi connectivity index (χ3v) is 4.15. The summed E-state index contributed by atoms with van der Waals surface area (Å²) in [5, 5.41) is 7.41. The third kappa shape index (κ3) is 3.55. The van der Waals surface area contributed by atoms with Crippen LogP contribution in [0.25, 0.3) is 16.9 Å². The Balaban J connectivity index is 1.94. The molecule has 0 unspecified atom stereocenters. The van der Waals surface area contributed by atoms with Crippen molar-refractivity contribution in [2.75, 3.05) is 12.4 Å². The van der Waals surface area contributed by atoms with E-state index in [1.165, 1.54) is 18.2 Å². The Labute approximate surface area is 147 Å². The molecule has 0 aliphatic heterocycles. The van der Waals surface area contributed by atoms with Gasteiger partial charge in [-0.2, -0.15) is 5.10 Å². The summed E-state index contributed by atoms with van der Waals surface area (Å²) >= 11 is 0. The van der Waals surface area contributed by atoms with Crippen LogP contribution in [0.1, 0.15) is 16.7 Å². The normalized spacial score (nSPS) is 10.6. The molecule has 1 heterocycles. The largest absolute Gasteiger partial charge is 0.453 e. The average molecular weight is 335 g/mol. The number of hydrogen-bond acceptors (Lipinski definition) is 3. The van der Waals surface area contributed by atoms with E-state index in [1.807, 2.05) is 37.4 Å². The van der Waals surface area contributed by atoms with Gasteiger partial charge in [0.1, 0.15) is 0 Å². The Morgan fingerprint density at radius 2 is 1.84 bits per heavy atom. The highest BCUT2D eigenvalue weighted by atomic mass is 16.5. The number of amides is 1. The number of methoxy groups -OCH3 is 1. The van der Waals surface area contributed by atoms with Gasteiger partial charge >= 0.3 is 6.09 Å². The Morgan fingerprint density at radius 1 is 1.04 bits per heavy atom. The molecule has 5 heteroatoms. The van der Waals surface area contributed by atoms with Gasteiger partial charge in [-0.3, -0.25) is 5.32 Å². The molecule has 128 valence electrons. The first kappa shape index (κ1) is 16.8. The van der Waals surface area contributed by atoms with Crippen molar-refractivity contribution in [1.82, 2.24) is 9.78 Å². The predicted octanol–water partition coefficient (Wildman–Crippen LogP) is 4.64. The van der Waals surface area contributed by atoms with Crippen LogP contribution >= 0.6 is 0 Å². The van der Waals surface area contributed by atoms with Crippen molar-refractivity contribution in [1.29, 1.82) is 0 Å². The van der Waals surface area contributed by atoms with E-state index >= 15 is 0 Å². The van der Waals surface area contributed by atoms with Crippen LogP contribution in [0.4, 0.5) is 10.5 Å². The van der Waals surface area contributed by atoms with E-state index in [-0.39, 0.29) is 0 Å². The molecule has 0 saturated carbocycles. The molecule has 1 N–H and O–H groups in total. The number of rotatable bonds is 3. The average Bonchev–Trinajstić information content (AvgIpc) is 3.06. The van der Waals surface area contributed by atoms with Crippen LogP contribution in [0.3, 0.4) is 0 Å². The molecule has 0 aliphatic carbocycles. The highest BCUT2D eigenvalue weighted by Crippen LogP contribution is 2.25. The smallest absolute Gasteiger partial charge is 0.411 e. The Bertz CT molecular complexity index is 928. The van der Waals surface area contributed by atoms with Crippen molar-refractivity contribution < 1.29 is 9.53 Å². The number of nitrogens with one attached hydrogen (secondary N) is 1. The molecule has 0 bridgehead atoms. The minimum atomic E-state index is -0.489. The molecule has 3 aromatic rings. The zero-order chi connectivity index (χ0) is 18.0. The zero-order valence-corrected chi connectivity index (χ0v) is 14.8. The number of aromatic nitrogens is 2.